The van der Waals surface area contributed by atoms with Crippen molar-refractivity contribution in [3.8, 4) is 11.5 Å². The zero-order chi connectivity index (χ0) is 19.5. The number of nitrogens with one attached hydrogen (secondary N) is 3. The van der Waals surface area contributed by atoms with Gasteiger partial charge in [0.25, 0.3) is 0 Å². The van der Waals surface area contributed by atoms with Gasteiger partial charge in [-0.05, 0) is 31.5 Å². The minimum atomic E-state index is -0.112. The van der Waals surface area contributed by atoms with Crippen LogP contribution in [0.15, 0.2) is 53.4 Å². The average molecular weight is 393 g/mol. The molecule has 0 saturated heterocycles. The maximum atomic E-state index is 12.7. The number of anilines is 1. The monoisotopic (exact) mass is 392 g/mol. The minimum Gasteiger partial charge on any atom is -0.320 e. The van der Waals surface area contributed by atoms with Gasteiger partial charge in [0.05, 0.1) is 5.51 Å². The molecule has 0 bridgehead atoms. The molecule has 2 amide bonds. The Labute approximate surface area is 167 Å². The molecule has 2 aromatic heterocycles. The van der Waals surface area contributed by atoms with Crippen molar-refractivity contribution in [2.45, 2.75) is 20.4 Å². The first-order chi connectivity index (χ1) is 13.6. The van der Waals surface area contributed by atoms with Crippen LogP contribution in [0.1, 0.15) is 18.1 Å². The summed E-state index contributed by atoms with van der Waals surface area (Å²) in [7, 11) is 0. The number of carbonyl (C=O) groups excluding carboxylic acids is 1. The number of nitrogens with zero attached hydrogens (tertiary/aromatic N) is 2. The lowest BCUT2D eigenvalue weighted by Gasteiger charge is -2.21. The van der Waals surface area contributed by atoms with Gasteiger partial charge in [0.1, 0.15) is 0 Å². The highest BCUT2D eigenvalue weighted by molar-refractivity contribution is 7.07. The predicted octanol–water partition coefficient (Wildman–Crippen LogP) is 4.47. The number of urea groups is 1. The topological polar surface area (TPSA) is 75.2 Å². The maximum Gasteiger partial charge on any atom is 0.322 e. The minimum absolute atomic E-state index is 0.112. The van der Waals surface area contributed by atoms with Crippen molar-refractivity contribution in [1.82, 2.24) is 14.9 Å². The van der Waals surface area contributed by atoms with Crippen molar-refractivity contribution in [3.63, 3.8) is 0 Å². The van der Waals surface area contributed by atoms with E-state index in [1.54, 1.807) is 21.7 Å². The first kappa shape index (κ1) is 18.2. The van der Waals surface area contributed by atoms with Gasteiger partial charge in [-0.25, -0.2) is 19.7 Å². The number of fused-ring (bicyclic) bond motifs is 1. The molecule has 2 heterocycles. The molecule has 6 nitrogen and oxygen atoms in total. The van der Waals surface area contributed by atoms with Gasteiger partial charge in [0.2, 0.25) is 0 Å². The van der Waals surface area contributed by atoms with Crippen LogP contribution in [0, 0.1) is 6.92 Å². The number of thiazole rings is 1. The predicted molar refractivity (Wildman–Crippen MR) is 112 cm³/mol. The zero-order valence-electron chi connectivity index (χ0n) is 15.8. The average Bonchev–Trinajstić information content (AvgIpc) is 3.35. The Morgan fingerprint density at radius 2 is 2.18 bits per heavy atom. The van der Waals surface area contributed by atoms with Gasteiger partial charge in [-0.1, -0.05) is 29.8 Å². The fraction of sp³-hybridized carbons (Fsp3) is 0.190. The van der Waals surface area contributed by atoms with E-state index in [1.807, 2.05) is 42.6 Å². The summed E-state index contributed by atoms with van der Waals surface area (Å²) >= 11 is 1.55. The van der Waals surface area contributed by atoms with E-state index in [9.17, 15) is 4.79 Å². The lowest BCUT2D eigenvalue weighted by atomic mass is 10.1. The zero-order valence-corrected chi connectivity index (χ0v) is 16.6. The Kier molecular flexibility index (Phi) is 5.08. The Bertz CT molecular complexity index is 1100. The standard InChI is InChI=1S/C21H21N5OS/c1-3-26(11-15-6-4-5-14(2)9-15)21(27)23-16-7-8-17-18(10-16)25-20(24-17)19-12-28-13-22-19/h4-10,12-13H,3,11H2,1-2H3,(H,23,27)(H,24,25)/p+1. The molecule has 2 aromatic carbocycles. The summed E-state index contributed by atoms with van der Waals surface area (Å²) in [5.41, 5.74) is 7.63. The lowest BCUT2D eigenvalue weighted by Crippen LogP contribution is -2.34. The molecule has 142 valence electrons. The number of benzene rings is 2. The van der Waals surface area contributed by atoms with Crippen LogP contribution in [0.4, 0.5) is 10.5 Å². The van der Waals surface area contributed by atoms with E-state index in [1.165, 1.54) is 5.56 Å². The molecular formula is C21H22N5OS+. The number of rotatable bonds is 5. The number of hydrogen-bond donors (Lipinski definition) is 2. The van der Waals surface area contributed by atoms with Crippen molar-refractivity contribution in [3.05, 3.63) is 64.5 Å². The molecule has 4 rings (SSSR count). The summed E-state index contributed by atoms with van der Waals surface area (Å²) in [6, 6.07) is 13.9. The molecule has 7 heteroatoms. The highest BCUT2D eigenvalue weighted by atomic mass is 32.1. The van der Waals surface area contributed by atoms with E-state index in [4.69, 9.17) is 0 Å². The molecule has 0 radical (unpaired) electrons. The number of imidazole rings is 1. The number of aromatic amines is 2. The van der Waals surface area contributed by atoms with Gasteiger partial charge in [0.15, 0.2) is 16.7 Å². The number of amides is 2. The van der Waals surface area contributed by atoms with Gasteiger partial charge in [-0.2, -0.15) is 0 Å². The second-order valence-corrected chi connectivity index (χ2v) is 7.41. The molecule has 28 heavy (non-hydrogen) atoms. The molecular weight excluding hydrogens is 370 g/mol. The lowest BCUT2D eigenvalue weighted by molar-refractivity contribution is -0.330. The normalized spacial score (nSPS) is 10.9. The van der Waals surface area contributed by atoms with Crippen LogP contribution in [0.25, 0.3) is 22.6 Å². The van der Waals surface area contributed by atoms with Crippen LogP contribution in [-0.4, -0.2) is 27.4 Å². The molecule has 0 saturated carbocycles. The summed E-state index contributed by atoms with van der Waals surface area (Å²) in [6.45, 7) is 5.25. The van der Waals surface area contributed by atoms with Gasteiger partial charge in [-0.15, -0.1) is 11.3 Å². The largest absolute Gasteiger partial charge is 0.322 e. The fourth-order valence-corrected chi connectivity index (χ4v) is 3.70. The van der Waals surface area contributed by atoms with Gasteiger partial charge in [0, 0.05) is 30.2 Å². The van der Waals surface area contributed by atoms with Gasteiger partial charge >= 0.3 is 11.9 Å². The van der Waals surface area contributed by atoms with Crippen LogP contribution in [0.2, 0.25) is 0 Å². The number of H-pyrrole nitrogens is 2. The van der Waals surface area contributed by atoms with Crippen molar-refractivity contribution in [2.75, 3.05) is 11.9 Å². The number of hydrogen-bond acceptors (Lipinski definition) is 3. The first-order valence-electron chi connectivity index (χ1n) is 9.17. The van der Waals surface area contributed by atoms with Gasteiger partial charge in [-0.3, -0.25) is 0 Å². The fourth-order valence-electron chi connectivity index (χ4n) is 3.16. The summed E-state index contributed by atoms with van der Waals surface area (Å²) in [4.78, 5) is 25.5. The molecule has 0 atom stereocenters. The van der Waals surface area contributed by atoms with Crippen LogP contribution in [0.3, 0.4) is 0 Å². The number of aryl methyl sites for hydroxylation is 1. The summed E-state index contributed by atoms with van der Waals surface area (Å²) in [5.74, 6) is 0.856. The third-order valence-corrected chi connectivity index (χ3v) is 5.19. The van der Waals surface area contributed by atoms with Crippen LogP contribution in [0.5, 0.6) is 0 Å². The van der Waals surface area contributed by atoms with Crippen LogP contribution in [-0.2, 0) is 6.54 Å². The van der Waals surface area contributed by atoms with E-state index in [0.29, 0.717) is 13.1 Å². The Morgan fingerprint density at radius 3 is 2.93 bits per heavy atom. The second-order valence-electron chi connectivity index (χ2n) is 6.69. The number of carbonyl (C=O) groups is 1. The van der Waals surface area contributed by atoms with E-state index in [2.05, 4.69) is 39.3 Å². The summed E-state index contributed by atoms with van der Waals surface area (Å²) < 4.78 is 0. The van der Waals surface area contributed by atoms with Crippen molar-refractivity contribution >= 4 is 34.1 Å². The maximum absolute atomic E-state index is 12.7. The van der Waals surface area contributed by atoms with Crippen molar-refractivity contribution < 1.29 is 9.78 Å². The molecule has 0 aliphatic rings. The molecule has 0 aliphatic carbocycles. The Morgan fingerprint density at radius 1 is 1.29 bits per heavy atom. The molecule has 0 fully saturated rings. The van der Waals surface area contributed by atoms with Gasteiger partial charge < -0.3 is 10.2 Å². The van der Waals surface area contributed by atoms with Crippen LogP contribution >= 0.6 is 11.3 Å². The Hall–Kier alpha value is -3.19. The second kappa shape index (κ2) is 7.82. The highest BCUT2D eigenvalue weighted by Gasteiger charge is 2.16. The van der Waals surface area contributed by atoms with E-state index in [0.717, 1.165) is 33.8 Å². The smallest absolute Gasteiger partial charge is 0.320 e. The quantitative estimate of drug-likeness (QED) is 0.526. The molecule has 0 spiro atoms. The SMILES string of the molecule is CCN(Cc1cccc(C)c1)C(=O)Nc1ccc2[nH+]c(-c3cscn3)[nH]c2c1. The molecule has 3 N–H and O–H groups in total. The summed E-state index contributed by atoms with van der Waals surface area (Å²) in [6.07, 6.45) is 0. The number of aromatic nitrogens is 3. The van der Waals surface area contributed by atoms with E-state index < -0.39 is 0 Å². The molecule has 0 unspecified atom stereocenters. The Balaban J connectivity index is 1.50. The van der Waals surface area contributed by atoms with E-state index >= 15 is 0 Å². The first-order valence-corrected chi connectivity index (χ1v) is 10.1. The van der Waals surface area contributed by atoms with Crippen molar-refractivity contribution in [2.24, 2.45) is 0 Å². The summed E-state index contributed by atoms with van der Waals surface area (Å²) in [5, 5.41) is 4.98. The molecule has 0 aliphatic heterocycles. The third-order valence-electron chi connectivity index (χ3n) is 4.60. The highest BCUT2D eigenvalue weighted by Crippen LogP contribution is 2.20. The third kappa shape index (κ3) is 3.89. The molecule has 4 aromatic rings. The van der Waals surface area contributed by atoms with Crippen molar-refractivity contribution in [1.29, 1.82) is 0 Å². The van der Waals surface area contributed by atoms with E-state index in [-0.39, 0.29) is 6.03 Å². The van der Waals surface area contributed by atoms with Crippen LogP contribution < -0.4 is 10.3 Å².